The van der Waals surface area contributed by atoms with Gasteiger partial charge in [-0.15, -0.1) is 0 Å². The molecule has 2 aromatic carbocycles. The number of hydrogen-bond acceptors (Lipinski definition) is 3. The van der Waals surface area contributed by atoms with E-state index in [0.29, 0.717) is 25.3 Å². The van der Waals surface area contributed by atoms with Crippen molar-refractivity contribution in [1.82, 2.24) is 14.5 Å². The van der Waals surface area contributed by atoms with Gasteiger partial charge in [-0.05, 0) is 54.3 Å². The summed E-state index contributed by atoms with van der Waals surface area (Å²) in [6.45, 7) is 1.21. The molecule has 0 aliphatic heterocycles. The number of pyridine rings is 1. The van der Waals surface area contributed by atoms with Gasteiger partial charge in [0.15, 0.2) is 5.82 Å². The molecule has 154 valence electrons. The third-order valence-electron chi connectivity index (χ3n) is 4.98. The largest absolute Gasteiger partial charge is 0.330 e. The summed E-state index contributed by atoms with van der Waals surface area (Å²) >= 11 is 0. The molecular formula is C26H23FN4. The quantitative estimate of drug-likeness (QED) is 0.469. The van der Waals surface area contributed by atoms with Crippen molar-refractivity contribution in [2.24, 2.45) is 5.73 Å². The van der Waals surface area contributed by atoms with Crippen molar-refractivity contribution in [3.8, 4) is 34.4 Å². The molecule has 0 saturated carbocycles. The van der Waals surface area contributed by atoms with Crippen LogP contribution in [-0.4, -0.2) is 21.1 Å². The molecule has 0 radical (unpaired) electrons. The minimum Gasteiger partial charge on any atom is -0.330 e. The molecule has 0 bridgehead atoms. The summed E-state index contributed by atoms with van der Waals surface area (Å²) in [5, 5.41) is 0. The minimum absolute atomic E-state index is 0.277. The summed E-state index contributed by atoms with van der Waals surface area (Å²) in [7, 11) is 0. The molecule has 0 fully saturated rings. The first-order valence-electron chi connectivity index (χ1n) is 10.3. The van der Waals surface area contributed by atoms with Crippen LogP contribution in [0.25, 0.3) is 22.5 Å². The van der Waals surface area contributed by atoms with E-state index in [9.17, 15) is 4.39 Å². The molecule has 0 saturated heterocycles. The molecule has 0 aliphatic carbocycles. The van der Waals surface area contributed by atoms with Crippen molar-refractivity contribution in [1.29, 1.82) is 0 Å². The average molecular weight is 410 g/mol. The van der Waals surface area contributed by atoms with E-state index in [2.05, 4.69) is 33.5 Å². The molecule has 2 N–H and O–H groups in total. The molecule has 5 heteroatoms. The van der Waals surface area contributed by atoms with Gasteiger partial charge in [0.2, 0.25) is 0 Å². The van der Waals surface area contributed by atoms with Gasteiger partial charge >= 0.3 is 0 Å². The fraction of sp³-hybridized carbons (Fsp3) is 0.154. The second kappa shape index (κ2) is 9.84. The Labute approximate surface area is 181 Å². The zero-order valence-electron chi connectivity index (χ0n) is 17.1. The lowest BCUT2D eigenvalue weighted by Crippen LogP contribution is -2.06. The van der Waals surface area contributed by atoms with Crippen LogP contribution in [0, 0.1) is 17.7 Å². The number of halogens is 1. The van der Waals surface area contributed by atoms with Crippen molar-refractivity contribution in [2.45, 2.75) is 19.4 Å². The van der Waals surface area contributed by atoms with Gasteiger partial charge in [0.25, 0.3) is 0 Å². The molecule has 4 aromatic rings. The first-order valence-corrected chi connectivity index (χ1v) is 10.3. The third-order valence-corrected chi connectivity index (χ3v) is 4.98. The van der Waals surface area contributed by atoms with E-state index in [1.54, 1.807) is 24.5 Å². The Balaban J connectivity index is 1.86. The van der Waals surface area contributed by atoms with Crippen molar-refractivity contribution >= 4 is 0 Å². The lowest BCUT2D eigenvalue weighted by atomic mass is 10.1. The van der Waals surface area contributed by atoms with Crippen LogP contribution in [0.1, 0.15) is 17.8 Å². The molecule has 4 rings (SSSR count). The topological polar surface area (TPSA) is 56.7 Å². The Morgan fingerprint density at radius 3 is 2.35 bits per heavy atom. The number of nitrogens with two attached hydrogens (primary N) is 1. The van der Waals surface area contributed by atoms with Crippen LogP contribution in [0.15, 0.2) is 79.1 Å². The van der Waals surface area contributed by atoms with E-state index in [0.717, 1.165) is 28.9 Å². The summed E-state index contributed by atoms with van der Waals surface area (Å²) < 4.78 is 15.7. The summed E-state index contributed by atoms with van der Waals surface area (Å²) in [5.74, 6) is 6.71. The van der Waals surface area contributed by atoms with E-state index in [1.165, 1.54) is 17.7 Å². The highest BCUT2D eigenvalue weighted by Crippen LogP contribution is 2.33. The Bertz CT molecular complexity index is 1190. The predicted octanol–water partition coefficient (Wildman–Crippen LogP) is 4.69. The molecule has 0 atom stereocenters. The Hall–Kier alpha value is -3.75. The number of aromatic nitrogens is 3. The SMILES string of the molecule is NCCC#Cc1nc(-c2ccc(F)cc2)c(-c2ccncc2)n1CCc1ccccc1. The van der Waals surface area contributed by atoms with Crippen LogP contribution in [0.2, 0.25) is 0 Å². The van der Waals surface area contributed by atoms with E-state index >= 15 is 0 Å². The molecule has 0 spiro atoms. The molecule has 0 unspecified atom stereocenters. The fourth-order valence-electron chi connectivity index (χ4n) is 3.48. The molecule has 2 heterocycles. The van der Waals surface area contributed by atoms with Gasteiger partial charge in [-0.1, -0.05) is 36.3 Å². The van der Waals surface area contributed by atoms with Crippen molar-refractivity contribution < 1.29 is 4.39 Å². The Morgan fingerprint density at radius 1 is 0.903 bits per heavy atom. The van der Waals surface area contributed by atoms with Gasteiger partial charge in [0, 0.05) is 43.0 Å². The standard InChI is InChI=1S/C26H23FN4/c27-23-11-9-21(10-12-23)25-26(22-13-17-29-18-14-22)31(24(30-25)8-4-5-16-28)19-15-20-6-2-1-3-7-20/h1-3,6-7,9-14,17-18H,5,15-16,19,28H2. The van der Waals surface area contributed by atoms with Crippen LogP contribution >= 0.6 is 0 Å². The van der Waals surface area contributed by atoms with Crippen LogP contribution < -0.4 is 5.73 Å². The number of rotatable bonds is 6. The van der Waals surface area contributed by atoms with Gasteiger partial charge in [0.05, 0.1) is 11.4 Å². The molecular weight excluding hydrogens is 387 g/mol. The van der Waals surface area contributed by atoms with Gasteiger partial charge in [0.1, 0.15) is 5.82 Å². The van der Waals surface area contributed by atoms with Crippen LogP contribution in [-0.2, 0) is 13.0 Å². The average Bonchev–Trinajstić information content (AvgIpc) is 3.18. The van der Waals surface area contributed by atoms with Crippen LogP contribution in [0.4, 0.5) is 4.39 Å². The first kappa shape index (κ1) is 20.5. The van der Waals surface area contributed by atoms with Crippen molar-refractivity contribution in [3.63, 3.8) is 0 Å². The number of benzene rings is 2. The maximum Gasteiger partial charge on any atom is 0.186 e. The molecule has 31 heavy (non-hydrogen) atoms. The first-order chi connectivity index (χ1) is 15.3. The number of hydrogen-bond donors (Lipinski definition) is 1. The van der Waals surface area contributed by atoms with Crippen LogP contribution in [0.3, 0.4) is 0 Å². The minimum atomic E-state index is -0.277. The smallest absolute Gasteiger partial charge is 0.186 e. The zero-order valence-corrected chi connectivity index (χ0v) is 17.1. The molecule has 0 amide bonds. The van der Waals surface area contributed by atoms with Gasteiger partial charge < -0.3 is 10.3 Å². The molecule has 2 aromatic heterocycles. The van der Waals surface area contributed by atoms with E-state index in [1.807, 2.05) is 30.3 Å². The van der Waals surface area contributed by atoms with Gasteiger partial charge in [-0.25, -0.2) is 9.37 Å². The third kappa shape index (κ3) is 4.88. The fourth-order valence-corrected chi connectivity index (χ4v) is 3.48. The van der Waals surface area contributed by atoms with Crippen LogP contribution in [0.5, 0.6) is 0 Å². The second-order valence-electron chi connectivity index (χ2n) is 7.10. The highest BCUT2D eigenvalue weighted by Gasteiger charge is 2.19. The monoisotopic (exact) mass is 410 g/mol. The second-order valence-corrected chi connectivity index (χ2v) is 7.10. The summed E-state index contributed by atoms with van der Waals surface area (Å²) in [6, 6.07) is 20.6. The normalized spacial score (nSPS) is 10.5. The molecule has 4 nitrogen and oxygen atoms in total. The highest BCUT2D eigenvalue weighted by atomic mass is 19.1. The van der Waals surface area contributed by atoms with Crippen molar-refractivity contribution in [3.05, 3.63) is 96.3 Å². The Kier molecular flexibility index (Phi) is 6.51. The maximum atomic E-state index is 13.6. The maximum absolute atomic E-state index is 13.6. The zero-order chi connectivity index (χ0) is 21.5. The highest BCUT2D eigenvalue weighted by molar-refractivity contribution is 5.79. The summed E-state index contributed by atoms with van der Waals surface area (Å²) in [6.07, 6.45) is 4.96. The van der Waals surface area contributed by atoms with E-state index in [4.69, 9.17) is 10.7 Å². The number of imidazole rings is 1. The number of aryl methyl sites for hydroxylation is 1. The van der Waals surface area contributed by atoms with E-state index in [-0.39, 0.29) is 5.82 Å². The summed E-state index contributed by atoms with van der Waals surface area (Å²) in [5.41, 5.74) is 10.4. The van der Waals surface area contributed by atoms with E-state index < -0.39 is 0 Å². The lowest BCUT2D eigenvalue weighted by molar-refractivity contribution is 0.628. The predicted molar refractivity (Wildman–Crippen MR) is 122 cm³/mol. The van der Waals surface area contributed by atoms with Gasteiger partial charge in [-0.3, -0.25) is 4.98 Å². The summed E-state index contributed by atoms with van der Waals surface area (Å²) in [4.78, 5) is 9.03. The molecule has 0 aliphatic rings. The Morgan fingerprint density at radius 2 is 1.65 bits per heavy atom. The van der Waals surface area contributed by atoms with Crippen molar-refractivity contribution in [2.75, 3.05) is 6.54 Å². The number of nitrogens with zero attached hydrogens (tertiary/aromatic N) is 3. The van der Waals surface area contributed by atoms with Gasteiger partial charge in [-0.2, -0.15) is 0 Å². The lowest BCUT2D eigenvalue weighted by Gasteiger charge is -2.12.